The Morgan fingerprint density at radius 2 is 1.78 bits per heavy atom. The molecule has 0 radical (unpaired) electrons. The number of rotatable bonds is 7. The van der Waals surface area contributed by atoms with Crippen molar-refractivity contribution in [2.24, 2.45) is 0 Å². The second-order valence-corrected chi connectivity index (χ2v) is 8.27. The van der Waals surface area contributed by atoms with E-state index in [9.17, 15) is 8.42 Å². The summed E-state index contributed by atoms with van der Waals surface area (Å²) in [6, 6.07) is 10.3. The molecular weight excluding hydrogens is 409 g/mol. The Balaban J connectivity index is 1.56. The van der Waals surface area contributed by atoms with Gasteiger partial charge in [0.25, 0.3) is 0 Å². The molecule has 2 aromatic heterocycles. The zero-order valence-corrected chi connectivity index (χ0v) is 16.7. The predicted octanol–water partition coefficient (Wildman–Crippen LogP) is 3.27. The first-order chi connectivity index (χ1) is 12.9. The number of aryl methyl sites for hydroxylation is 1. The van der Waals surface area contributed by atoms with Crippen LogP contribution in [0.3, 0.4) is 0 Å². The summed E-state index contributed by atoms with van der Waals surface area (Å²) in [6.45, 7) is 2.21. The number of aromatic nitrogens is 3. The van der Waals surface area contributed by atoms with Crippen molar-refractivity contribution in [1.29, 1.82) is 0 Å². The first-order valence-corrected chi connectivity index (χ1v) is 10.3. The van der Waals surface area contributed by atoms with E-state index in [1.165, 1.54) is 12.1 Å². The minimum atomic E-state index is -3.74. The summed E-state index contributed by atoms with van der Waals surface area (Å²) in [6.07, 6.45) is 3.74. The van der Waals surface area contributed by atoms with E-state index in [2.05, 4.69) is 20.2 Å². The van der Waals surface area contributed by atoms with E-state index in [0.717, 1.165) is 0 Å². The van der Waals surface area contributed by atoms with E-state index in [-0.39, 0.29) is 16.5 Å². The molecular formula is C17H17Cl2N5O2S. The van der Waals surface area contributed by atoms with Gasteiger partial charge in [0, 0.05) is 30.5 Å². The minimum Gasteiger partial charge on any atom is -0.367 e. The molecule has 0 fully saturated rings. The van der Waals surface area contributed by atoms with Crippen LogP contribution < -0.4 is 10.0 Å². The number of hydrogen-bond acceptors (Lipinski definition) is 5. The lowest BCUT2D eigenvalue weighted by molar-refractivity contribution is 0.583. The molecule has 0 aliphatic heterocycles. The lowest BCUT2D eigenvalue weighted by atomic mass is 10.2. The summed E-state index contributed by atoms with van der Waals surface area (Å²) < 4.78 is 29.1. The van der Waals surface area contributed by atoms with Crippen LogP contribution in [0, 0.1) is 6.92 Å². The molecule has 0 unspecified atom stereocenters. The van der Waals surface area contributed by atoms with Crippen LogP contribution in [0.15, 0.2) is 53.7 Å². The number of halogens is 2. The van der Waals surface area contributed by atoms with E-state index < -0.39 is 10.0 Å². The van der Waals surface area contributed by atoms with Crippen LogP contribution in [-0.2, 0) is 10.0 Å². The molecule has 0 spiro atoms. The molecule has 0 atom stereocenters. The number of nitrogens with one attached hydrogen (secondary N) is 2. The second-order valence-electron chi connectivity index (χ2n) is 5.72. The maximum atomic E-state index is 12.4. The van der Waals surface area contributed by atoms with E-state index in [0.29, 0.717) is 28.8 Å². The van der Waals surface area contributed by atoms with E-state index in [4.69, 9.17) is 23.2 Å². The van der Waals surface area contributed by atoms with Gasteiger partial charge in [-0.05, 0) is 48.9 Å². The fourth-order valence-electron chi connectivity index (χ4n) is 2.33. The van der Waals surface area contributed by atoms with Crippen molar-refractivity contribution in [3.05, 3.63) is 64.4 Å². The summed E-state index contributed by atoms with van der Waals surface area (Å²) in [5, 5.41) is 11.7. The highest BCUT2D eigenvalue weighted by Crippen LogP contribution is 2.27. The molecule has 10 heteroatoms. The summed E-state index contributed by atoms with van der Waals surface area (Å²) in [7, 11) is -3.74. The first kappa shape index (κ1) is 19.6. The van der Waals surface area contributed by atoms with Crippen LogP contribution in [-0.4, -0.2) is 36.3 Å². The standard InChI is InChI=1S/C17H17Cl2N5O2S/c1-12-10-15(14(19)11-13(12)18)27(25,26)21-7-6-20-16-4-5-17(23-22-16)24-8-2-3-9-24/h2-5,8-11,21H,6-7H2,1H3,(H,20,22). The Bertz CT molecular complexity index is 1020. The molecule has 3 rings (SSSR count). The fraction of sp³-hybridized carbons (Fsp3) is 0.176. The number of hydrogen-bond donors (Lipinski definition) is 2. The third kappa shape index (κ3) is 4.78. The van der Waals surface area contributed by atoms with Crippen LogP contribution in [0.1, 0.15) is 5.56 Å². The Morgan fingerprint density at radius 1 is 1.04 bits per heavy atom. The molecule has 0 saturated heterocycles. The third-order valence-electron chi connectivity index (χ3n) is 3.75. The van der Waals surface area contributed by atoms with E-state index >= 15 is 0 Å². The molecule has 2 heterocycles. The van der Waals surface area contributed by atoms with E-state index in [1.807, 2.05) is 35.2 Å². The number of sulfonamides is 1. The molecule has 2 N–H and O–H groups in total. The average molecular weight is 426 g/mol. The van der Waals surface area contributed by atoms with Crippen molar-refractivity contribution in [3.8, 4) is 5.82 Å². The summed E-state index contributed by atoms with van der Waals surface area (Å²) in [5.41, 5.74) is 0.637. The van der Waals surface area contributed by atoms with Crippen molar-refractivity contribution in [2.75, 3.05) is 18.4 Å². The Hall–Kier alpha value is -2.13. The molecule has 0 aliphatic rings. The minimum absolute atomic E-state index is 0.00179. The number of benzene rings is 1. The highest BCUT2D eigenvalue weighted by molar-refractivity contribution is 7.89. The van der Waals surface area contributed by atoms with Gasteiger partial charge in [-0.1, -0.05) is 23.2 Å². The van der Waals surface area contributed by atoms with Gasteiger partial charge in [-0.15, -0.1) is 10.2 Å². The van der Waals surface area contributed by atoms with Crippen LogP contribution in [0.25, 0.3) is 5.82 Å². The largest absolute Gasteiger partial charge is 0.367 e. The zero-order chi connectivity index (χ0) is 19.4. The van der Waals surface area contributed by atoms with Crippen LogP contribution in [0.4, 0.5) is 5.82 Å². The van der Waals surface area contributed by atoms with Crippen LogP contribution in [0.2, 0.25) is 10.0 Å². The molecule has 3 aromatic rings. The lowest BCUT2D eigenvalue weighted by Gasteiger charge is -2.11. The predicted molar refractivity (Wildman–Crippen MR) is 106 cm³/mol. The summed E-state index contributed by atoms with van der Waals surface area (Å²) in [5.74, 6) is 1.24. The summed E-state index contributed by atoms with van der Waals surface area (Å²) in [4.78, 5) is 0.00179. The van der Waals surface area contributed by atoms with Gasteiger partial charge in [0.2, 0.25) is 10.0 Å². The van der Waals surface area contributed by atoms with Gasteiger partial charge >= 0.3 is 0 Å². The molecule has 1 aromatic carbocycles. The molecule has 142 valence electrons. The zero-order valence-electron chi connectivity index (χ0n) is 14.4. The molecule has 0 amide bonds. The monoisotopic (exact) mass is 425 g/mol. The maximum absolute atomic E-state index is 12.4. The van der Waals surface area contributed by atoms with Crippen molar-refractivity contribution in [2.45, 2.75) is 11.8 Å². The quantitative estimate of drug-likeness (QED) is 0.566. The summed E-state index contributed by atoms with van der Waals surface area (Å²) >= 11 is 12.0. The highest BCUT2D eigenvalue weighted by Gasteiger charge is 2.18. The second kappa shape index (κ2) is 8.26. The fourth-order valence-corrected chi connectivity index (χ4v) is 4.20. The van der Waals surface area contributed by atoms with Gasteiger partial charge in [-0.25, -0.2) is 13.1 Å². The maximum Gasteiger partial charge on any atom is 0.242 e. The number of nitrogens with zero attached hydrogens (tertiary/aromatic N) is 3. The average Bonchev–Trinajstić information content (AvgIpc) is 3.17. The third-order valence-corrected chi connectivity index (χ3v) is 6.08. The van der Waals surface area contributed by atoms with Gasteiger partial charge in [0.1, 0.15) is 10.7 Å². The van der Waals surface area contributed by atoms with Gasteiger partial charge < -0.3 is 9.88 Å². The first-order valence-electron chi connectivity index (χ1n) is 8.03. The molecule has 0 aliphatic carbocycles. The Kier molecular flexibility index (Phi) is 6.01. The van der Waals surface area contributed by atoms with Crippen molar-refractivity contribution in [3.63, 3.8) is 0 Å². The normalized spacial score (nSPS) is 11.5. The van der Waals surface area contributed by atoms with Gasteiger partial charge in [0.05, 0.1) is 5.02 Å². The smallest absolute Gasteiger partial charge is 0.242 e. The van der Waals surface area contributed by atoms with Crippen molar-refractivity contribution in [1.82, 2.24) is 19.5 Å². The molecule has 27 heavy (non-hydrogen) atoms. The molecule has 0 bridgehead atoms. The van der Waals surface area contributed by atoms with Gasteiger partial charge in [-0.3, -0.25) is 0 Å². The van der Waals surface area contributed by atoms with Crippen molar-refractivity contribution < 1.29 is 8.42 Å². The van der Waals surface area contributed by atoms with E-state index in [1.54, 1.807) is 13.0 Å². The lowest BCUT2D eigenvalue weighted by Crippen LogP contribution is -2.29. The Labute approximate surface area is 167 Å². The topological polar surface area (TPSA) is 88.9 Å². The Morgan fingerprint density at radius 3 is 2.44 bits per heavy atom. The van der Waals surface area contributed by atoms with Crippen LogP contribution in [0.5, 0.6) is 0 Å². The van der Waals surface area contributed by atoms with Crippen LogP contribution >= 0.6 is 23.2 Å². The molecule has 0 saturated carbocycles. The number of anilines is 1. The van der Waals surface area contributed by atoms with Crippen molar-refractivity contribution >= 4 is 39.0 Å². The van der Waals surface area contributed by atoms with Gasteiger partial charge in [0.15, 0.2) is 5.82 Å². The highest BCUT2D eigenvalue weighted by atomic mass is 35.5. The van der Waals surface area contributed by atoms with Gasteiger partial charge in [-0.2, -0.15) is 0 Å². The SMILES string of the molecule is Cc1cc(S(=O)(=O)NCCNc2ccc(-n3cccc3)nn2)c(Cl)cc1Cl. The molecule has 7 nitrogen and oxygen atoms in total.